The summed E-state index contributed by atoms with van der Waals surface area (Å²) in [6.07, 6.45) is 1.90. The number of fused-ring (bicyclic) bond motifs is 1. The van der Waals surface area contributed by atoms with E-state index >= 15 is 0 Å². The number of nitrogens with zero attached hydrogens (tertiary/aromatic N) is 3. The predicted molar refractivity (Wildman–Crippen MR) is 105 cm³/mol. The van der Waals surface area contributed by atoms with Crippen molar-refractivity contribution >= 4 is 22.7 Å². The smallest absolute Gasteiger partial charge is 0.258 e. The second-order valence-corrected chi connectivity index (χ2v) is 6.80. The zero-order chi connectivity index (χ0) is 17.9. The summed E-state index contributed by atoms with van der Waals surface area (Å²) in [4.78, 5) is 24.2. The van der Waals surface area contributed by atoms with Gasteiger partial charge in [0.2, 0.25) is 0 Å². The Morgan fingerprint density at radius 2 is 1.85 bits per heavy atom. The molecule has 4 rings (SSSR count). The van der Waals surface area contributed by atoms with Gasteiger partial charge in [0.15, 0.2) is 5.16 Å². The van der Waals surface area contributed by atoms with Gasteiger partial charge in [-0.2, -0.15) is 0 Å². The Balaban J connectivity index is 1.61. The lowest BCUT2D eigenvalue weighted by Crippen LogP contribution is -2.11. The first kappa shape index (κ1) is 16.6. The molecule has 0 aliphatic carbocycles. The van der Waals surface area contributed by atoms with Gasteiger partial charge >= 0.3 is 0 Å². The number of aromatic amines is 1. The fourth-order valence-corrected chi connectivity index (χ4v) is 3.87. The molecular formula is C20H18N4OS. The van der Waals surface area contributed by atoms with Gasteiger partial charge in [-0.15, -0.1) is 0 Å². The average molecular weight is 362 g/mol. The summed E-state index contributed by atoms with van der Waals surface area (Å²) in [5.41, 5.74) is 2.85. The summed E-state index contributed by atoms with van der Waals surface area (Å²) in [6.45, 7) is 2.93. The number of benzene rings is 2. The molecule has 0 spiro atoms. The van der Waals surface area contributed by atoms with Gasteiger partial charge in [-0.25, -0.2) is 9.97 Å². The number of H-pyrrole nitrogens is 1. The van der Waals surface area contributed by atoms with Gasteiger partial charge in [-0.1, -0.05) is 54.2 Å². The maximum absolute atomic E-state index is 12.2. The third kappa shape index (κ3) is 3.15. The normalized spacial score (nSPS) is 11.1. The number of rotatable bonds is 5. The highest BCUT2D eigenvalue weighted by Gasteiger charge is 2.12. The van der Waals surface area contributed by atoms with Crippen molar-refractivity contribution in [3.05, 3.63) is 77.0 Å². The van der Waals surface area contributed by atoms with Gasteiger partial charge in [0.25, 0.3) is 5.56 Å². The molecule has 0 aliphatic rings. The van der Waals surface area contributed by atoms with Crippen LogP contribution in [0.5, 0.6) is 0 Å². The Bertz CT molecular complexity index is 1100. The minimum Gasteiger partial charge on any atom is -0.319 e. The minimum atomic E-state index is -0.102. The van der Waals surface area contributed by atoms with Crippen LogP contribution < -0.4 is 5.56 Å². The van der Waals surface area contributed by atoms with E-state index in [0.29, 0.717) is 17.0 Å². The number of aromatic nitrogens is 4. The standard InChI is InChI=1S/C20H18N4OS/c1-2-24-17(14-8-4-3-5-9-14)12-21-20(24)26-13-18-22-16-11-7-6-10-15(16)19(25)23-18/h3-12H,2,13H2,1H3,(H,22,23,25). The van der Waals surface area contributed by atoms with Crippen molar-refractivity contribution in [1.29, 1.82) is 0 Å². The van der Waals surface area contributed by atoms with Crippen LogP contribution in [-0.4, -0.2) is 19.5 Å². The highest BCUT2D eigenvalue weighted by molar-refractivity contribution is 7.98. The van der Waals surface area contributed by atoms with Gasteiger partial charge < -0.3 is 9.55 Å². The highest BCUT2D eigenvalue weighted by atomic mass is 32.2. The average Bonchev–Trinajstić information content (AvgIpc) is 3.10. The molecule has 5 nitrogen and oxygen atoms in total. The first-order chi connectivity index (χ1) is 12.8. The van der Waals surface area contributed by atoms with E-state index in [-0.39, 0.29) is 5.56 Å². The van der Waals surface area contributed by atoms with Crippen molar-refractivity contribution in [2.45, 2.75) is 24.4 Å². The Morgan fingerprint density at radius 3 is 2.65 bits per heavy atom. The SMILES string of the molecule is CCn1c(-c2ccccc2)cnc1SCc1nc2ccccc2c(=O)[nH]1. The fourth-order valence-electron chi connectivity index (χ4n) is 2.96. The molecule has 0 saturated heterocycles. The summed E-state index contributed by atoms with van der Waals surface area (Å²) in [6, 6.07) is 17.6. The van der Waals surface area contributed by atoms with Crippen LogP contribution in [0.25, 0.3) is 22.2 Å². The first-order valence-electron chi connectivity index (χ1n) is 8.48. The van der Waals surface area contributed by atoms with Crippen molar-refractivity contribution in [1.82, 2.24) is 19.5 Å². The molecule has 26 heavy (non-hydrogen) atoms. The second kappa shape index (κ2) is 7.17. The summed E-state index contributed by atoms with van der Waals surface area (Å²) >= 11 is 1.58. The number of hydrogen-bond donors (Lipinski definition) is 1. The van der Waals surface area contributed by atoms with Crippen molar-refractivity contribution in [3.63, 3.8) is 0 Å². The molecule has 2 aromatic carbocycles. The third-order valence-electron chi connectivity index (χ3n) is 4.20. The predicted octanol–water partition coefficient (Wildman–Crippen LogP) is 4.10. The van der Waals surface area contributed by atoms with Gasteiger partial charge in [0.1, 0.15) is 5.82 Å². The largest absolute Gasteiger partial charge is 0.319 e. The van der Waals surface area contributed by atoms with E-state index in [1.54, 1.807) is 17.8 Å². The Hall–Kier alpha value is -2.86. The Labute approximate surface area is 155 Å². The molecule has 1 N–H and O–H groups in total. The molecule has 0 fully saturated rings. The molecule has 0 amide bonds. The lowest BCUT2D eigenvalue weighted by Gasteiger charge is -2.09. The lowest BCUT2D eigenvalue weighted by atomic mass is 10.2. The van der Waals surface area contributed by atoms with Gasteiger partial charge in [0, 0.05) is 6.54 Å². The first-order valence-corrected chi connectivity index (χ1v) is 9.46. The van der Waals surface area contributed by atoms with Gasteiger partial charge in [-0.3, -0.25) is 4.79 Å². The third-order valence-corrected chi connectivity index (χ3v) is 5.21. The van der Waals surface area contributed by atoms with Gasteiger partial charge in [0.05, 0.1) is 28.5 Å². The lowest BCUT2D eigenvalue weighted by molar-refractivity contribution is 0.687. The van der Waals surface area contributed by atoms with Crippen LogP contribution in [0, 0.1) is 0 Å². The monoisotopic (exact) mass is 362 g/mol. The molecule has 0 bridgehead atoms. The van der Waals surface area contributed by atoms with Crippen molar-refractivity contribution in [2.24, 2.45) is 0 Å². The van der Waals surface area contributed by atoms with Crippen molar-refractivity contribution < 1.29 is 0 Å². The van der Waals surface area contributed by atoms with Crippen LogP contribution in [-0.2, 0) is 12.3 Å². The van der Waals surface area contributed by atoms with Crippen LogP contribution in [0.4, 0.5) is 0 Å². The maximum Gasteiger partial charge on any atom is 0.258 e. The number of para-hydroxylation sites is 1. The molecule has 2 aromatic heterocycles. The van der Waals surface area contributed by atoms with Gasteiger partial charge in [-0.05, 0) is 24.6 Å². The van der Waals surface area contributed by atoms with E-state index in [1.165, 1.54) is 0 Å². The van der Waals surface area contributed by atoms with Crippen LogP contribution >= 0.6 is 11.8 Å². The molecule has 0 radical (unpaired) electrons. The van der Waals surface area contributed by atoms with Crippen LogP contribution in [0.15, 0.2) is 70.7 Å². The maximum atomic E-state index is 12.2. The van der Waals surface area contributed by atoms with E-state index in [9.17, 15) is 4.79 Å². The summed E-state index contributed by atoms with van der Waals surface area (Å²) < 4.78 is 2.18. The molecule has 6 heteroatoms. The molecular weight excluding hydrogens is 344 g/mol. The quantitative estimate of drug-likeness (QED) is 0.543. The van der Waals surface area contributed by atoms with E-state index < -0.39 is 0 Å². The van der Waals surface area contributed by atoms with Crippen LogP contribution in [0.2, 0.25) is 0 Å². The summed E-state index contributed by atoms with van der Waals surface area (Å²) in [7, 11) is 0. The molecule has 0 aliphatic heterocycles. The molecule has 0 atom stereocenters. The van der Waals surface area contributed by atoms with Crippen molar-refractivity contribution in [2.75, 3.05) is 0 Å². The molecule has 130 valence electrons. The van der Waals surface area contributed by atoms with E-state index in [1.807, 2.05) is 42.6 Å². The Morgan fingerprint density at radius 1 is 1.08 bits per heavy atom. The minimum absolute atomic E-state index is 0.102. The van der Waals surface area contributed by atoms with Crippen LogP contribution in [0.1, 0.15) is 12.7 Å². The number of nitrogens with one attached hydrogen (secondary N) is 1. The zero-order valence-electron chi connectivity index (χ0n) is 14.3. The summed E-state index contributed by atoms with van der Waals surface area (Å²) in [5, 5.41) is 1.53. The van der Waals surface area contributed by atoms with E-state index in [2.05, 4.69) is 38.6 Å². The molecule has 0 saturated carbocycles. The second-order valence-electron chi connectivity index (χ2n) is 5.85. The summed E-state index contributed by atoms with van der Waals surface area (Å²) in [5.74, 6) is 1.22. The Kier molecular flexibility index (Phi) is 4.58. The fraction of sp³-hybridized carbons (Fsp3) is 0.150. The topological polar surface area (TPSA) is 63.6 Å². The van der Waals surface area contributed by atoms with E-state index in [0.717, 1.165) is 28.5 Å². The molecule has 4 aromatic rings. The highest BCUT2D eigenvalue weighted by Crippen LogP contribution is 2.27. The van der Waals surface area contributed by atoms with E-state index in [4.69, 9.17) is 0 Å². The van der Waals surface area contributed by atoms with Crippen molar-refractivity contribution in [3.8, 4) is 11.3 Å². The number of imidazole rings is 1. The number of hydrogen-bond acceptors (Lipinski definition) is 4. The van der Waals surface area contributed by atoms with Crippen LogP contribution in [0.3, 0.4) is 0 Å². The molecule has 2 heterocycles. The zero-order valence-corrected chi connectivity index (χ0v) is 15.2. The number of thioether (sulfide) groups is 1. The molecule has 0 unspecified atom stereocenters.